The summed E-state index contributed by atoms with van der Waals surface area (Å²) in [4.78, 5) is 15.6. The van der Waals surface area contributed by atoms with Gasteiger partial charge in [0.1, 0.15) is 11.5 Å². The lowest BCUT2D eigenvalue weighted by Crippen LogP contribution is -2.09. The lowest BCUT2D eigenvalue weighted by Gasteiger charge is -2.10. The van der Waals surface area contributed by atoms with Crippen LogP contribution in [-0.4, -0.2) is 19.9 Å². The average Bonchev–Trinajstić information content (AvgIpc) is 3.08. The quantitative estimate of drug-likeness (QED) is 0.414. The Labute approximate surface area is 173 Å². The summed E-state index contributed by atoms with van der Waals surface area (Å²) in [7, 11) is 0. The van der Waals surface area contributed by atoms with E-state index in [9.17, 15) is 17.6 Å². The van der Waals surface area contributed by atoms with Gasteiger partial charge in [0.05, 0.1) is 10.6 Å². The minimum atomic E-state index is -4.61. The van der Waals surface area contributed by atoms with Crippen molar-refractivity contribution in [2.24, 2.45) is 0 Å². The Morgan fingerprint density at radius 2 is 1.73 bits per heavy atom. The number of nitrogens with zero attached hydrogens (tertiary/aromatic N) is 3. The first-order chi connectivity index (χ1) is 14.3. The fourth-order valence-electron chi connectivity index (χ4n) is 3.03. The summed E-state index contributed by atoms with van der Waals surface area (Å²) < 4.78 is 51.9. The molecule has 0 atom stereocenters. The molecule has 0 amide bonds. The summed E-state index contributed by atoms with van der Waals surface area (Å²) in [6, 6.07) is 4.20. The molecule has 3 aromatic heterocycles. The SMILES string of the molecule is Fc1cc(CNc2ncc(Cc3c[nH]c4ncc(Cl)cc34)cn2)cc(C(F)(F)F)c1. The summed E-state index contributed by atoms with van der Waals surface area (Å²) in [5.41, 5.74) is 1.62. The van der Waals surface area contributed by atoms with Crippen LogP contribution in [-0.2, 0) is 19.1 Å². The van der Waals surface area contributed by atoms with E-state index in [2.05, 4.69) is 25.3 Å². The van der Waals surface area contributed by atoms with Crippen LogP contribution in [0.4, 0.5) is 23.5 Å². The molecule has 0 aliphatic heterocycles. The number of aromatic amines is 1. The highest BCUT2D eigenvalue weighted by Crippen LogP contribution is 2.30. The molecule has 0 saturated carbocycles. The van der Waals surface area contributed by atoms with Crippen LogP contribution >= 0.6 is 11.6 Å². The van der Waals surface area contributed by atoms with Gasteiger partial charge in [-0.25, -0.2) is 19.3 Å². The van der Waals surface area contributed by atoms with Crippen LogP contribution in [0.25, 0.3) is 11.0 Å². The fourth-order valence-corrected chi connectivity index (χ4v) is 3.19. The maximum Gasteiger partial charge on any atom is 0.416 e. The van der Waals surface area contributed by atoms with Gasteiger partial charge in [-0.05, 0) is 41.0 Å². The van der Waals surface area contributed by atoms with Gasteiger partial charge in [-0.15, -0.1) is 0 Å². The van der Waals surface area contributed by atoms with Crippen molar-refractivity contribution < 1.29 is 17.6 Å². The predicted molar refractivity (Wildman–Crippen MR) is 105 cm³/mol. The van der Waals surface area contributed by atoms with E-state index in [0.717, 1.165) is 34.3 Å². The van der Waals surface area contributed by atoms with Crippen LogP contribution in [0.2, 0.25) is 5.02 Å². The monoisotopic (exact) mass is 435 g/mol. The van der Waals surface area contributed by atoms with Gasteiger partial charge in [0.2, 0.25) is 5.95 Å². The number of hydrogen-bond donors (Lipinski definition) is 2. The molecule has 30 heavy (non-hydrogen) atoms. The van der Waals surface area contributed by atoms with Gasteiger partial charge in [-0.1, -0.05) is 11.6 Å². The molecular formula is C20H14ClF4N5. The molecule has 4 aromatic rings. The molecule has 0 bridgehead atoms. The van der Waals surface area contributed by atoms with E-state index in [1.807, 2.05) is 12.3 Å². The molecule has 154 valence electrons. The Morgan fingerprint density at radius 3 is 2.47 bits per heavy atom. The molecule has 0 radical (unpaired) electrons. The number of pyridine rings is 1. The Balaban J connectivity index is 1.44. The second-order valence-electron chi connectivity index (χ2n) is 6.65. The molecule has 3 heterocycles. The number of anilines is 1. The van der Waals surface area contributed by atoms with Gasteiger partial charge < -0.3 is 10.3 Å². The summed E-state index contributed by atoms with van der Waals surface area (Å²) in [5, 5.41) is 4.23. The largest absolute Gasteiger partial charge is 0.416 e. The van der Waals surface area contributed by atoms with E-state index in [-0.39, 0.29) is 18.1 Å². The van der Waals surface area contributed by atoms with E-state index < -0.39 is 17.6 Å². The second-order valence-corrected chi connectivity index (χ2v) is 7.09. The van der Waals surface area contributed by atoms with Gasteiger partial charge in [-0.3, -0.25) is 0 Å². The molecule has 0 aliphatic carbocycles. The maximum absolute atomic E-state index is 13.5. The lowest BCUT2D eigenvalue weighted by molar-refractivity contribution is -0.137. The van der Waals surface area contributed by atoms with Crippen LogP contribution < -0.4 is 5.32 Å². The number of benzene rings is 1. The fraction of sp³-hybridized carbons (Fsp3) is 0.150. The van der Waals surface area contributed by atoms with Crippen LogP contribution in [0.5, 0.6) is 0 Å². The first-order valence-electron chi connectivity index (χ1n) is 8.81. The second kappa shape index (κ2) is 7.91. The van der Waals surface area contributed by atoms with Crippen molar-refractivity contribution >= 4 is 28.6 Å². The zero-order chi connectivity index (χ0) is 21.3. The van der Waals surface area contributed by atoms with Crippen LogP contribution in [0.3, 0.4) is 0 Å². The van der Waals surface area contributed by atoms with Crippen molar-refractivity contribution in [2.75, 3.05) is 5.32 Å². The molecule has 0 spiro atoms. The minimum absolute atomic E-state index is 0.0488. The topological polar surface area (TPSA) is 66.5 Å². The van der Waals surface area contributed by atoms with E-state index in [4.69, 9.17) is 11.6 Å². The van der Waals surface area contributed by atoms with Crippen molar-refractivity contribution in [1.82, 2.24) is 19.9 Å². The van der Waals surface area contributed by atoms with Crippen LogP contribution in [0.15, 0.2) is 49.1 Å². The Morgan fingerprint density at radius 1 is 0.967 bits per heavy atom. The highest BCUT2D eigenvalue weighted by Gasteiger charge is 2.31. The number of nitrogens with one attached hydrogen (secondary N) is 2. The molecule has 0 aliphatic rings. The molecule has 5 nitrogen and oxygen atoms in total. The molecule has 0 saturated heterocycles. The minimum Gasteiger partial charge on any atom is -0.350 e. The van der Waals surface area contributed by atoms with Crippen molar-refractivity contribution in [1.29, 1.82) is 0 Å². The molecular weight excluding hydrogens is 422 g/mol. The predicted octanol–water partition coefficient (Wildman–Crippen LogP) is 5.37. The van der Waals surface area contributed by atoms with E-state index in [1.54, 1.807) is 18.6 Å². The van der Waals surface area contributed by atoms with E-state index in [1.165, 1.54) is 0 Å². The molecule has 0 fully saturated rings. The zero-order valence-electron chi connectivity index (χ0n) is 15.3. The first-order valence-corrected chi connectivity index (χ1v) is 9.19. The number of rotatable bonds is 5. The maximum atomic E-state index is 13.5. The summed E-state index contributed by atoms with van der Waals surface area (Å²) in [6.07, 6.45) is 2.54. The van der Waals surface area contributed by atoms with Gasteiger partial charge in [0, 0.05) is 43.1 Å². The Hall–Kier alpha value is -3.20. The van der Waals surface area contributed by atoms with Gasteiger partial charge in [0.15, 0.2) is 0 Å². The normalized spacial score (nSPS) is 11.8. The summed E-state index contributed by atoms with van der Waals surface area (Å²) >= 11 is 6.01. The van der Waals surface area contributed by atoms with Crippen molar-refractivity contribution in [3.63, 3.8) is 0 Å². The third kappa shape index (κ3) is 4.51. The molecule has 10 heteroatoms. The molecule has 2 N–H and O–H groups in total. The third-order valence-electron chi connectivity index (χ3n) is 4.42. The van der Waals surface area contributed by atoms with Gasteiger partial charge >= 0.3 is 6.18 Å². The Kier molecular flexibility index (Phi) is 5.29. The Bertz CT molecular complexity index is 1190. The number of hydrogen-bond acceptors (Lipinski definition) is 4. The standard InChI is InChI=1S/C20H14ClF4N5/c21-15-5-17-13(9-26-18(17)27-10-15)1-12-7-29-19(30-8-12)28-6-11-2-14(20(23,24)25)4-16(22)3-11/h2-5,7-10H,1,6H2,(H,26,27)(H,28,29,30). The number of fused-ring (bicyclic) bond motifs is 1. The highest BCUT2D eigenvalue weighted by atomic mass is 35.5. The van der Waals surface area contributed by atoms with Crippen molar-refractivity contribution in [3.8, 4) is 0 Å². The number of halogens is 5. The first kappa shape index (κ1) is 20.1. The molecule has 4 rings (SSSR count). The average molecular weight is 436 g/mol. The van der Waals surface area contributed by atoms with Gasteiger partial charge in [0.25, 0.3) is 0 Å². The zero-order valence-corrected chi connectivity index (χ0v) is 16.0. The smallest absolute Gasteiger partial charge is 0.350 e. The van der Waals surface area contributed by atoms with Crippen molar-refractivity contribution in [3.05, 3.63) is 82.1 Å². The molecule has 1 aromatic carbocycles. The highest BCUT2D eigenvalue weighted by molar-refractivity contribution is 6.31. The van der Waals surface area contributed by atoms with E-state index >= 15 is 0 Å². The number of alkyl halides is 3. The third-order valence-corrected chi connectivity index (χ3v) is 4.63. The number of H-pyrrole nitrogens is 1. The van der Waals surface area contributed by atoms with Gasteiger partial charge in [-0.2, -0.15) is 13.2 Å². The summed E-state index contributed by atoms with van der Waals surface area (Å²) in [6.45, 7) is -0.0488. The van der Waals surface area contributed by atoms with Crippen LogP contribution in [0.1, 0.15) is 22.3 Å². The lowest BCUT2D eigenvalue weighted by atomic mass is 10.1. The van der Waals surface area contributed by atoms with E-state index in [0.29, 0.717) is 17.5 Å². The van der Waals surface area contributed by atoms with Crippen LogP contribution in [0, 0.1) is 5.82 Å². The van der Waals surface area contributed by atoms with Crippen molar-refractivity contribution in [2.45, 2.75) is 19.1 Å². The number of aromatic nitrogens is 4. The summed E-state index contributed by atoms with van der Waals surface area (Å²) in [5.74, 6) is -0.730. The molecule has 0 unspecified atom stereocenters.